The summed E-state index contributed by atoms with van der Waals surface area (Å²) < 4.78 is 22.3. The Balaban J connectivity index is 2.75. The quantitative estimate of drug-likeness (QED) is 0.787. The Labute approximate surface area is 126 Å². The van der Waals surface area contributed by atoms with E-state index in [1.807, 2.05) is 0 Å². The number of hydrogen-bond acceptors (Lipinski definition) is 3. The lowest BCUT2D eigenvalue weighted by Crippen LogP contribution is -2.35. The normalized spacial score (nSPS) is 11.2. The molecule has 0 aliphatic carbocycles. The van der Waals surface area contributed by atoms with Gasteiger partial charge in [-0.1, -0.05) is 13.8 Å². The molecule has 0 amide bonds. The number of rotatable bonds is 6. The van der Waals surface area contributed by atoms with Crippen LogP contribution in [0.15, 0.2) is 29.2 Å². The van der Waals surface area contributed by atoms with Crippen LogP contribution in [0, 0.1) is 0 Å². The number of nitrogens with zero attached hydrogens (tertiary/aromatic N) is 1. The average molecular weight is 315 g/mol. The summed E-state index contributed by atoms with van der Waals surface area (Å²) in [4.78, 5) is 2.19. The summed E-state index contributed by atoms with van der Waals surface area (Å²) in [5.74, 6) is 0. The second-order valence-corrected chi connectivity index (χ2v) is 6.43. The third kappa shape index (κ3) is 5.07. The maximum Gasteiger partial charge on any atom is 0.238 e. The molecule has 0 aromatic heterocycles. The third-order valence-electron chi connectivity index (χ3n) is 2.71. The van der Waals surface area contributed by atoms with Crippen LogP contribution in [-0.2, 0) is 10.0 Å². The van der Waals surface area contributed by atoms with Crippen LogP contribution in [0.5, 0.6) is 0 Å². The molecule has 0 radical (unpaired) electrons. The van der Waals surface area contributed by atoms with E-state index in [-0.39, 0.29) is 4.90 Å². The lowest BCUT2D eigenvalue weighted by molar-refractivity contribution is 0.423. The number of primary sulfonamides is 1. The smallest absolute Gasteiger partial charge is 0.238 e. The molecule has 1 aromatic carbocycles. The number of thiocarbonyl (C=S) groups is 1. The summed E-state index contributed by atoms with van der Waals surface area (Å²) in [6.45, 7) is 6.00. The Kier molecular flexibility index (Phi) is 6.38. The number of benzene rings is 1. The zero-order chi connectivity index (χ0) is 15.2. The molecule has 1 rings (SSSR count). The number of nitrogens with two attached hydrogens (primary N) is 1. The van der Waals surface area contributed by atoms with Gasteiger partial charge < -0.3 is 10.2 Å². The van der Waals surface area contributed by atoms with Crippen molar-refractivity contribution >= 4 is 33.0 Å². The molecule has 0 saturated heterocycles. The Bertz CT molecular complexity index is 535. The minimum atomic E-state index is -3.65. The molecule has 0 saturated carbocycles. The Morgan fingerprint density at radius 3 is 2.10 bits per heavy atom. The van der Waals surface area contributed by atoms with Crippen LogP contribution in [0.1, 0.15) is 26.7 Å². The fourth-order valence-electron chi connectivity index (χ4n) is 1.79. The molecule has 5 nitrogen and oxygen atoms in total. The molecule has 0 aliphatic heterocycles. The van der Waals surface area contributed by atoms with Gasteiger partial charge in [0.05, 0.1) is 4.90 Å². The molecule has 112 valence electrons. The molecule has 7 heteroatoms. The first kappa shape index (κ1) is 16.9. The van der Waals surface area contributed by atoms with Crippen molar-refractivity contribution in [2.75, 3.05) is 18.4 Å². The SMILES string of the molecule is CCCN(CCC)C(=S)Nc1ccc(S(N)(=O)=O)cc1. The van der Waals surface area contributed by atoms with Gasteiger partial charge in [-0.15, -0.1) is 0 Å². The minimum Gasteiger partial charge on any atom is -0.349 e. The largest absolute Gasteiger partial charge is 0.349 e. The van der Waals surface area contributed by atoms with E-state index >= 15 is 0 Å². The molecule has 0 heterocycles. The second kappa shape index (κ2) is 7.56. The summed E-state index contributed by atoms with van der Waals surface area (Å²) in [5.41, 5.74) is 0.750. The van der Waals surface area contributed by atoms with Gasteiger partial charge in [0.1, 0.15) is 0 Å². The topological polar surface area (TPSA) is 75.4 Å². The summed E-state index contributed by atoms with van der Waals surface area (Å²) in [6, 6.07) is 6.23. The molecule has 0 bridgehead atoms. The van der Waals surface area contributed by atoms with Crippen LogP contribution < -0.4 is 10.5 Å². The first-order valence-corrected chi connectivity index (χ1v) is 8.52. The van der Waals surface area contributed by atoms with E-state index < -0.39 is 10.0 Å². The first-order valence-electron chi connectivity index (χ1n) is 6.57. The van der Waals surface area contributed by atoms with Crippen LogP contribution >= 0.6 is 12.2 Å². The van der Waals surface area contributed by atoms with Crippen LogP contribution in [0.3, 0.4) is 0 Å². The van der Waals surface area contributed by atoms with Crippen molar-refractivity contribution in [3.8, 4) is 0 Å². The Hall–Kier alpha value is -1.18. The van der Waals surface area contributed by atoms with E-state index in [1.54, 1.807) is 12.1 Å². The summed E-state index contributed by atoms with van der Waals surface area (Å²) in [7, 11) is -3.65. The van der Waals surface area contributed by atoms with E-state index in [9.17, 15) is 8.42 Å². The van der Waals surface area contributed by atoms with Crippen LogP contribution in [0.4, 0.5) is 5.69 Å². The van der Waals surface area contributed by atoms with Gasteiger partial charge in [-0.25, -0.2) is 13.6 Å². The highest BCUT2D eigenvalue weighted by Crippen LogP contribution is 2.13. The second-order valence-electron chi connectivity index (χ2n) is 4.49. The van der Waals surface area contributed by atoms with Crippen molar-refractivity contribution < 1.29 is 8.42 Å². The number of hydrogen-bond donors (Lipinski definition) is 2. The monoisotopic (exact) mass is 315 g/mol. The zero-order valence-corrected chi connectivity index (χ0v) is 13.4. The maximum atomic E-state index is 11.2. The first-order chi connectivity index (χ1) is 9.38. The van der Waals surface area contributed by atoms with Gasteiger partial charge in [-0.3, -0.25) is 0 Å². The molecule has 0 spiro atoms. The van der Waals surface area contributed by atoms with Crippen LogP contribution in [-0.4, -0.2) is 31.5 Å². The highest BCUT2D eigenvalue weighted by molar-refractivity contribution is 7.89. The standard InChI is InChI=1S/C13H21N3O2S2/c1-3-9-16(10-4-2)13(19)15-11-5-7-12(8-6-11)20(14,17)18/h5-8H,3-4,9-10H2,1-2H3,(H,15,19)(H2,14,17,18). The van der Waals surface area contributed by atoms with Crippen molar-refractivity contribution in [3.05, 3.63) is 24.3 Å². The summed E-state index contributed by atoms with van der Waals surface area (Å²) in [6.07, 6.45) is 2.04. The van der Waals surface area contributed by atoms with E-state index in [0.29, 0.717) is 5.11 Å². The molecular weight excluding hydrogens is 294 g/mol. The van der Waals surface area contributed by atoms with Crippen molar-refractivity contribution in [1.82, 2.24) is 4.90 Å². The van der Waals surface area contributed by atoms with Gasteiger partial charge >= 0.3 is 0 Å². The molecule has 3 N–H and O–H groups in total. The lowest BCUT2D eigenvalue weighted by atomic mass is 10.3. The van der Waals surface area contributed by atoms with E-state index in [2.05, 4.69) is 24.1 Å². The maximum absolute atomic E-state index is 11.2. The van der Waals surface area contributed by atoms with Gasteiger partial charge in [-0.05, 0) is 49.3 Å². The minimum absolute atomic E-state index is 0.0907. The van der Waals surface area contributed by atoms with Gasteiger partial charge in [0.25, 0.3) is 0 Å². The summed E-state index contributed by atoms with van der Waals surface area (Å²) >= 11 is 5.37. The molecular formula is C13H21N3O2S2. The van der Waals surface area contributed by atoms with Gasteiger partial charge in [0.2, 0.25) is 10.0 Å². The number of nitrogens with one attached hydrogen (secondary N) is 1. The highest BCUT2D eigenvalue weighted by Gasteiger charge is 2.10. The third-order valence-corrected chi connectivity index (χ3v) is 4.00. The Morgan fingerprint density at radius 2 is 1.70 bits per heavy atom. The summed E-state index contributed by atoms with van der Waals surface area (Å²) in [5, 5.41) is 8.82. The molecule has 1 aromatic rings. The zero-order valence-electron chi connectivity index (χ0n) is 11.8. The van der Waals surface area contributed by atoms with E-state index in [1.165, 1.54) is 12.1 Å². The van der Waals surface area contributed by atoms with Crippen molar-refractivity contribution in [1.29, 1.82) is 0 Å². The molecule has 0 aliphatic rings. The van der Waals surface area contributed by atoms with E-state index in [4.69, 9.17) is 17.4 Å². The van der Waals surface area contributed by atoms with Crippen molar-refractivity contribution in [2.24, 2.45) is 5.14 Å². The Morgan fingerprint density at radius 1 is 1.20 bits per heavy atom. The fourth-order valence-corrected chi connectivity index (χ4v) is 2.60. The molecule has 20 heavy (non-hydrogen) atoms. The average Bonchev–Trinajstić information content (AvgIpc) is 2.38. The van der Waals surface area contributed by atoms with Crippen molar-refractivity contribution in [2.45, 2.75) is 31.6 Å². The van der Waals surface area contributed by atoms with Crippen molar-refractivity contribution in [3.63, 3.8) is 0 Å². The van der Waals surface area contributed by atoms with Crippen LogP contribution in [0.25, 0.3) is 0 Å². The van der Waals surface area contributed by atoms with Gasteiger partial charge in [-0.2, -0.15) is 0 Å². The molecule has 0 atom stereocenters. The lowest BCUT2D eigenvalue weighted by Gasteiger charge is -2.24. The van der Waals surface area contributed by atoms with Gasteiger partial charge in [0.15, 0.2) is 5.11 Å². The van der Waals surface area contributed by atoms with Crippen LogP contribution in [0.2, 0.25) is 0 Å². The predicted octanol–water partition coefficient (Wildman–Crippen LogP) is 2.15. The predicted molar refractivity (Wildman–Crippen MR) is 86.2 cm³/mol. The number of anilines is 1. The van der Waals surface area contributed by atoms with Gasteiger partial charge in [0, 0.05) is 18.8 Å². The molecule has 0 fully saturated rings. The highest BCUT2D eigenvalue weighted by atomic mass is 32.2. The van der Waals surface area contributed by atoms with E-state index in [0.717, 1.165) is 31.6 Å². The number of sulfonamides is 1. The fraction of sp³-hybridized carbons (Fsp3) is 0.462. The molecule has 0 unspecified atom stereocenters.